The Morgan fingerprint density at radius 3 is 2.31 bits per heavy atom. The number of aromatic carboxylic acids is 1. The molecule has 11 heteroatoms. The van der Waals surface area contributed by atoms with Gasteiger partial charge in [0, 0.05) is 24.1 Å². The molecule has 0 spiro atoms. The van der Waals surface area contributed by atoms with Crippen molar-refractivity contribution < 1.29 is 40.6 Å². The Kier molecular flexibility index (Phi) is 6.20. The molecule has 0 saturated heterocycles. The predicted octanol–water partition coefficient (Wildman–Crippen LogP) is 5.19. The van der Waals surface area contributed by atoms with Gasteiger partial charge in [0.15, 0.2) is 11.6 Å². The summed E-state index contributed by atoms with van der Waals surface area (Å²) in [6.45, 7) is -0.265. The first-order valence-electron chi connectivity index (χ1n) is 10.1. The van der Waals surface area contributed by atoms with E-state index in [-0.39, 0.29) is 45.9 Å². The molecule has 0 aliphatic carbocycles. The summed E-state index contributed by atoms with van der Waals surface area (Å²) in [6, 6.07) is 10.7. The number of rotatable bonds is 7. The van der Waals surface area contributed by atoms with Gasteiger partial charge >= 0.3 is 5.97 Å². The predicted molar refractivity (Wildman–Crippen MR) is 123 cm³/mol. The summed E-state index contributed by atoms with van der Waals surface area (Å²) < 4.78 is 77.1. The number of carbonyl (C=O) groups is 1. The van der Waals surface area contributed by atoms with Gasteiger partial charge in [-0.05, 0) is 48.0 Å². The van der Waals surface area contributed by atoms with Crippen LogP contribution in [0.3, 0.4) is 0 Å². The smallest absolute Gasteiger partial charge is 0.340 e. The highest BCUT2D eigenvalue weighted by molar-refractivity contribution is 7.92. The Morgan fingerprint density at radius 2 is 1.71 bits per heavy atom. The molecule has 3 aromatic carbocycles. The standard InChI is InChI=1S/C24H18F3NO6S/c1-28(35(2,31)32)19-11-20-16(10-21(19)33-12-13-3-8-17(26)18(27)9-13)22(24(29)30)23(34-20)14-4-6-15(25)7-5-14/h3-11H,12H2,1-2H3,(H,29,30). The molecular weight excluding hydrogens is 487 g/mol. The zero-order valence-electron chi connectivity index (χ0n) is 18.4. The van der Waals surface area contributed by atoms with Crippen molar-refractivity contribution in [2.24, 2.45) is 0 Å². The van der Waals surface area contributed by atoms with Crippen LogP contribution in [0.15, 0.2) is 59.0 Å². The van der Waals surface area contributed by atoms with E-state index < -0.39 is 33.4 Å². The maximum atomic E-state index is 13.6. The van der Waals surface area contributed by atoms with Crippen molar-refractivity contribution in [2.45, 2.75) is 6.61 Å². The number of benzene rings is 3. The van der Waals surface area contributed by atoms with Gasteiger partial charge in [-0.15, -0.1) is 0 Å². The second-order valence-corrected chi connectivity index (χ2v) is 9.72. The molecule has 0 unspecified atom stereocenters. The normalized spacial score (nSPS) is 11.6. The molecule has 0 amide bonds. The topological polar surface area (TPSA) is 97.1 Å². The van der Waals surface area contributed by atoms with Crippen molar-refractivity contribution in [3.05, 3.63) is 83.2 Å². The highest BCUT2D eigenvalue weighted by atomic mass is 32.2. The van der Waals surface area contributed by atoms with Crippen molar-refractivity contribution in [1.82, 2.24) is 0 Å². The average Bonchev–Trinajstić information content (AvgIpc) is 3.17. The van der Waals surface area contributed by atoms with Gasteiger partial charge in [0.1, 0.15) is 35.1 Å². The van der Waals surface area contributed by atoms with E-state index in [1.54, 1.807) is 0 Å². The third-order valence-electron chi connectivity index (χ3n) is 5.30. The maximum Gasteiger partial charge on any atom is 0.340 e. The van der Waals surface area contributed by atoms with Crippen LogP contribution >= 0.6 is 0 Å². The Morgan fingerprint density at radius 1 is 1.03 bits per heavy atom. The zero-order chi connectivity index (χ0) is 25.5. The van der Waals surface area contributed by atoms with Gasteiger partial charge in [-0.2, -0.15) is 0 Å². The van der Waals surface area contributed by atoms with Crippen molar-refractivity contribution in [3.63, 3.8) is 0 Å². The summed E-state index contributed by atoms with van der Waals surface area (Å²) in [4.78, 5) is 12.1. The van der Waals surface area contributed by atoms with Gasteiger partial charge in [0.2, 0.25) is 10.0 Å². The number of carboxylic acid groups (broad SMARTS) is 1. The molecule has 0 atom stereocenters. The molecule has 182 valence electrons. The third-order valence-corrected chi connectivity index (χ3v) is 6.50. The lowest BCUT2D eigenvalue weighted by Gasteiger charge is -2.20. The van der Waals surface area contributed by atoms with E-state index in [1.165, 1.54) is 37.4 Å². The first-order valence-corrected chi connectivity index (χ1v) is 11.9. The van der Waals surface area contributed by atoms with Crippen LogP contribution in [0.25, 0.3) is 22.3 Å². The first-order chi connectivity index (χ1) is 16.5. The van der Waals surface area contributed by atoms with E-state index in [9.17, 15) is 31.5 Å². The van der Waals surface area contributed by atoms with E-state index in [2.05, 4.69) is 0 Å². The number of ether oxygens (including phenoxy) is 1. The lowest BCUT2D eigenvalue weighted by atomic mass is 10.0. The number of carboxylic acids is 1. The molecule has 0 radical (unpaired) electrons. The molecule has 4 aromatic rings. The van der Waals surface area contributed by atoms with E-state index in [0.717, 1.165) is 34.8 Å². The van der Waals surface area contributed by atoms with Crippen molar-refractivity contribution >= 4 is 32.6 Å². The SMILES string of the molecule is CN(c1cc2oc(-c3ccc(F)cc3)c(C(=O)O)c2cc1OCc1ccc(F)c(F)c1)S(C)(=O)=O. The largest absolute Gasteiger partial charge is 0.487 e. The Hall–Kier alpha value is -3.99. The van der Waals surface area contributed by atoms with Crippen LogP contribution in [-0.4, -0.2) is 32.8 Å². The Labute approximate surface area is 198 Å². The van der Waals surface area contributed by atoms with E-state index in [1.807, 2.05) is 0 Å². The van der Waals surface area contributed by atoms with E-state index in [4.69, 9.17) is 9.15 Å². The van der Waals surface area contributed by atoms with Crippen LogP contribution in [0.1, 0.15) is 15.9 Å². The highest BCUT2D eigenvalue weighted by Gasteiger charge is 2.26. The molecule has 0 bridgehead atoms. The quantitative estimate of drug-likeness (QED) is 0.371. The number of halogens is 3. The van der Waals surface area contributed by atoms with Crippen molar-refractivity contribution in [1.29, 1.82) is 0 Å². The molecule has 4 rings (SSSR count). The van der Waals surface area contributed by atoms with Crippen LogP contribution in [0, 0.1) is 17.5 Å². The van der Waals surface area contributed by atoms with Crippen LogP contribution in [0.5, 0.6) is 5.75 Å². The summed E-state index contributed by atoms with van der Waals surface area (Å²) in [5.74, 6) is -4.07. The van der Waals surface area contributed by atoms with Gasteiger partial charge in [-0.25, -0.2) is 26.4 Å². The van der Waals surface area contributed by atoms with Gasteiger partial charge in [-0.3, -0.25) is 4.31 Å². The number of nitrogens with zero attached hydrogens (tertiary/aromatic N) is 1. The fraction of sp³-hybridized carbons (Fsp3) is 0.125. The highest BCUT2D eigenvalue weighted by Crippen LogP contribution is 2.41. The third kappa shape index (κ3) is 4.80. The minimum absolute atomic E-state index is 0.0268. The molecule has 7 nitrogen and oxygen atoms in total. The monoisotopic (exact) mass is 505 g/mol. The number of hydrogen-bond acceptors (Lipinski definition) is 5. The zero-order valence-corrected chi connectivity index (χ0v) is 19.2. The average molecular weight is 505 g/mol. The first kappa shape index (κ1) is 24.1. The fourth-order valence-electron chi connectivity index (χ4n) is 3.46. The molecule has 35 heavy (non-hydrogen) atoms. The maximum absolute atomic E-state index is 13.6. The van der Waals surface area contributed by atoms with Crippen molar-refractivity contribution in [2.75, 3.05) is 17.6 Å². The number of sulfonamides is 1. The van der Waals surface area contributed by atoms with Gasteiger partial charge in [0.05, 0.1) is 11.9 Å². The van der Waals surface area contributed by atoms with Crippen LogP contribution in [0.4, 0.5) is 18.9 Å². The molecule has 1 heterocycles. The molecule has 0 saturated carbocycles. The minimum atomic E-state index is -3.77. The number of furan rings is 1. The summed E-state index contributed by atoms with van der Waals surface area (Å²) in [6.07, 6.45) is 0.963. The van der Waals surface area contributed by atoms with Gasteiger partial charge in [0.25, 0.3) is 0 Å². The molecular formula is C24H18F3NO6S. The van der Waals surface area contributed by atoms with Crippen LogP contribution in [0.2, 0.25) is 0 Å². The van der Waals surface area contributed by atoms with Gasteiger partial charge in [-0.1, -0.05) is 6.07 Å². The fourth-order valence-corrected chi connectivity index (χ4v) is 3.96. The molecule has 0 fully saturated rings. The Bertz CT molecular complexity index is 1550. The van der Waals surface area contributed by atoms with Crippen LogP contribution < -0.4 is 9.04 Å². The molecule has 0 aliphatic heterocycles. The number of hydrogen-bond donors (Lipinski definition) is 1. The second-order valence-electron chi connectivity index (χ2n) is 7.70. The summed E-state index contributed by atoms with van der Waals surface area (Å²) in [5.41, 5.74) is 0.390. The van der Waals surface area contributed by atoms with Crippen molar-refractivity contribution in [3.8, 4) is 17.1 Å². The van der Waals surface area contributed by atoms with Crippen LogP contribution in [-0.2, 0) is 16.6 Å². The molecule has 1 aromatic heterocycles. The molecule has 1 N–H and O–H groups in total. The summed E-state index contributed by atoms with van der Waals surface area (Å²) in [5, 5.41) is 9.97. The minimum Gasteiger partial charge on any atom is -0.487 e. The van der Waals surface area contributed by atoms with E-state index >= 15 is 0 Å². The number of fused-ring (bicyclic) bond motifs is 1. The van der Waals surface area contributed by atoms with E-state index in [0.29, 0.717) is 5.56 Å². The molecule has 0 aliphatic rings. The lowest BCUT2D eigenvalue weighted by Crippen LogP contribution is -2.25. The summed E-state index contributed by atoms with van der Waals surface area (Å²) >= 11 is 0. The number of anilines is 1. The lowest BCUT2D eigenvalue weighted by molar-refractivity contribution is 0.0699. The Balaban J connectivity index is 1.88. The second kappa shape index (κ2) is 8.99. The summed E-state index contributed by atoms with van der Waals surface area (Å²) in [7, 11) is -2.51. The van der Waals surface area contributed by atoms with Gasteiger partial charge < -0.3 is 14.3 Å².